The van der Waals surface area contributed by atoms with E-state index in [0.717, 1.165) is 39.0 Å². The Morgan fingerprint density at radius 1 is 1.13 bits per heavy atom. The van der Waals surface area contributed by atoms with Gasteiger partial charge < -0.3 is 4.74 Å². The quantitative estimate of drug-likeness (QED) is 0.629. The fraction of sp³-hybridized carbons (Fsp3) is 0.538. The Balaban J connectivity index is 2.04. The average molecular weight is 202 g/mol. The van der Waals surface area contributed by atoms with Crippen molar-refractivity contribution in [1.29, 1.82) is 0 Å². The molecule has 0 N–H and O–H groups in total. The molecule has 2 heterocycles. The van der Waals surface area contributed by atoms with Crippen LogP contribution in [-0.4, -0.2) is 19.7 Å². The van der Waals surface area contributed by atoms with Crippen LogP contribution in [0, 0.1) is 0 Å². The monoisotopic (exact) mass is 202 g/mol. The summed E-state index contributed by atoms with van der Waals surface area (Å²) in [6, 6.07) is 8.73. The maximum absolute atomic E-state index is 6.07. The number of hydrogen-bond donors (Lipinski definition) is 0. The molecule has 15 heavy (non-hydrogen) atoms. The summed E-state index contributed by atoms with van der Waals surface area (Å²) < 4.78 is 6.07. The number of benzene rings is 1. The lowest BCUT2D eigenvalue weighted by atomic mass is 9.80. The molecular weight excluding hydrogens is 186 g/mol. The van der Waals surface area contributed by atoms with Crippen LogP contribution in [0.15, 0.2) is 24.3 Å². The van der Waals surface area contributed by atoms with Gasteiger partial charge in [0, 0.05) is 13.1 Å². The molecule has 0 aliphatic carbocycles. The third-order valence-electron chi connectivity index (χ3n) is 3.61. The molecule has 1 aromatic rings. The maximum Gasteiger partial charge on any atom is 0.0959 e. The Hall–Kier alpha value is -0.860. The predicted octanol–water partition coefficient (Wildman–Crippen LogP) is 1.85. The lowest BCUT2D eigenvalue weighted by Gasteiger charge is -2.41. The SMILES string of the molecule is c1ccc2c(c1)CCOC21CC[N]CC1. The van der Waals surface area contributed by atoms with Crippen LogP contribution in [0.4, 0.5) is 0 Å². The number of fused-ring (bicyclic) bond motifs is 2. The second-order valence-electron chi connectivity index (χ2n) is 4.42. The standard InChI is InChI=1S/C13H16NO/c1-2-4-12-11(3-1)5-10-15-13(12)6-8-14-9-7-13/h1-4H,5-10H2. The van der Waals surface area contributed by atoms with Crippen molar-refractivity contribution in [3.63, 3.8) is 0 Å². The van der Waals surface area contributed by atoms with Crippen molar-refractivity contribution >= 4 is 0 Å². The second kappa shape index (κ2) is 3.62. The molecule has 0 amide bonds. The Morgan fingerprint density at radius 2 is 1.93 bits per heavy atom. The van der Waals surface area contributed by atoms with Crippen molar-refractivity contribution in [2.24, 2.45) is 0 Å². The van der Waals surface area contributed by atoms with E-state index < -0.39 is 0 Å². The Labute approximate surface area is 90.6 Å². The Kier molecular flexibility index (Phi) is 2.26. The molecule has 0 saturated carbocycles. The molecule has 1 fully saturated rings. The highest BCUT2D eigenvalue weighted by Crippen LogP contribution is 2.39. The van der Waals surface area contributed by atoms with Crippen molar-refractivity contribution < 1.29 is 4.74 Å². The van der Waals surface area contributed by atoms with Crippen LogP contribution >= 0.6 is 0 Å². The smallest absolute Gasteiger partial charge is 0.0959 e. The summed E-state index contributed by atoms with van der Waals surface area (Å²) >= 11 is 0. The summed E-state index contributed by atoms with van der Waals surface area (Å²) in [4.78, 5) is 0. The van der Waals surface area contributed by atoms with Gasteiger partial charge in [0.25, 0.3) is 0 Å². The van der Waals surface area contributed by atoms with E-state index in [-0.39, 0.29) is 5.60 Å². The largest absolute Gasteiger partial charge is 0.370 e. The van der Waals surface area contributed by atoms with Gasteiger partial charge in [-0.15, -0.1) is 0 Å². The third-order valence-corrected chi connectivity index (χ3v) is 3.61. The molecule has 3 rings (SSSR count). The molecule has 0 aromatic heterocycles. The summed E-state index contributed by atoms with van der Waals surface area (Å²) in [7, 11) is 0. The Morgan fingerprint density at radius 3 is 2.80 bits per heavy atom. The van der Waals surface area contributed by atoms with Gasteiger partial charge in [0.05, 0.1) is 12.2 Å². The minimum atomic E-state index is -0.00338. The summed E-state index contributed by atoms with van der Waals surface area (Å²) in [5, 5.41) is 4.42. The third kappa shape index (κ3) is 1.48. The van der Waals surface area contributed by atoms with Gasteiger partial charge in [-0.3, -0.25) is 0 Å². The predicted molar refractivity (Wildman–Crippen MR) is 58.9 cm³/mol. The van der Waals surface area contributed by atoms with Crippen LogP contribution in [0.1, 0.15) is 24.0 Å². The molecule has 2 nitrogen and oxygen atoms in total. The van der Waals surface area contributed by atoms with E-state index in [0.29, 0.717) is 0 Å². The minimum Gasteiger partial charge on any atom is -0.370 e. The Bertz CT molecular complexity index is 355. The van der Waals surface area contributed by atoms with E-state index in [1.807, 2.05) is 0 Å². The van der Waals surface area contributed by atoms with Gasteiger partial charge in [-0.25, -0.2) is 5.32 Å². The molecule has 79 valence electrons. The van der Waals surface area contributed by atoms with E-state index in [2.05, 4.69) is 29.6 Å². The van der Waals surface area contributed by atoms with E-state index in [1.54, 1.807) is 0 Å². The van der Waals surface area contributed by atoms with Crippen LogP contribution in [0.3, 0.4) is 0 Å². The van der Waals surface area contributed by atoms with Gasteiger partial charge in [-0.1, -0.05) is 24.3 Å². The topological polar surface area (TPSA) is 23.3 Å². The molecule has 1 saturated heterocycles. The highest BCUT2D eigenvalue weighted by atomic mass is 16.5. The molecule has 2 heteroatoms. The lowest BCUT2D eigenvalue weighted by molar-refractivity contribution is -0.0806. The highest BCUT2D eigenvalue weighted by Gasteiger charge is 2.38. The van der Waals surface area contributed by atoms with Crippen molar-refractivity contribution in [1.82, 2.24) is 5.32 Å². The first-order valence-corrected chi connectivity index (χ1v) is 5.76. The van der Waals surface area contributed by atoms with Gasteiger partial charge in [0.15, 0.2) is 0 Å². The fourth-order valence-electron chi connectivity index (χ4n) is 2.79. The zero-order chi connectivity index (χ0) is 10.1. The van der Waals surface area contributed by atoms with Gasteiger partial charge in [-0.2, -0.15) is 0 Å². The summed E-state index contributed by atoms with van der Waals surface area (Å²) in [6.07, 6.45) is 3.18. The van der Waals surface area contributed by atoms with Gasteiger partial charge in [-0.05, 0) is 30.4 Å². The summed E-state index contributed by atoms with van der Waals surface area (Å²) in [5.41, 5.74) is 2.90. The number of rotatable bonds is 0. The zero-order valence-corrected chi connectivity index (χ0v) is 8.91. The number of piperidine rings is 1. The van der Waals surface area contributed by atoms with Crippen LogP contribution in [-0.2, 0) is 16.8 Å². The normalized spacial score (nSPS) is 23.7. The highest BCUT2D eigenvalue weighted by molar-refractivity contribution is 5.35. The van der Waals surface area contributed by atoms with Crippen molar-refractivity contribution in [3.05, 3.63) is 35.4 Å². The lowest BCUT2D eigenvalue weighted by Crippen LogP contribution is -2.42. The number of nitrogens with zero attached hydrogens (tertiary/aromatic N) is 1. The fourth-order valence-corrected chi connectivity index (χ4v) is 2.79. The molecule has 0 unspecified atom stereocenters. The molecule has 0 atom stereocenters. The maximum atomic E-state index is 6.07. The molecule has 1 spiro atoms. The van der Waals surface area contributed by atoms with Gasteiger partial charge >= 0.3 is 0 Å². The van der Waals surface area contributed by atoms with E-state index in [4.69, 9.17) is 4.74 Å². The molecule has 1 aromatic carbocycles. The first-order chi connectivity index (χ1) is 7.41. The number of hydrogen-bond acceptors (Lipinski definition) is 1. The van der Waals surface area contributed by atoms with Crippen LogP contribution in [0.25, 0.3) is 0 Å². The molecule has 2 aliphatic heterocycles. The van der Waals surface area contributed by atoms with Crippen LogP contribution in [0.5, 0.6) is 0 Å². The second-order valence-corrected chi connectivity index (χ2v) is 4.42. The first-order valence-electron chi connectivity index (χ1n) is 5.76. The zero-order valence-electron chi connectivity index (χ0n) is 8.91. The molecular formula is C13H16NO. The van der Waals surface area contributed by atoms with E-state index in [1.165, 1.54) is 11.1 Å². The van der Waals surface area contributed by atoms with Crippen LogP contribution in [0.2, 0.25) is 0 Å². The van der Waals surface area contributed by atoms with Crippen molar-refractivity contribution in [3.8, 4) is 0 Å². The van der Waals surface area contributed by atoms with E-state index >= 15 is 0 Å². The van der Waals surface area contributed by atoms with E-state index in [9.17, 15) is 0 Å². The summed E-state index contributed by atoms with van der Waals surface area (Å²) in [5.74, 6) is 0. The average Bonchev–Trinajstić information content (AvgIpc) is 2.31. The molecule has 2 aliphatic rings. The first kappa shape index (κ1) is 9.37. The van der Waals surface area contributed by atoms with Crippen molar-refractivity contribution in [2.75, 3.05) is 19.7 Å². The summed E-state index contributed by atoms with van der Waals surface area (Å²) in [6.45, 7) is 2.78. The number of ether oxygens (including phenoxy) is 1. The van der Waals surface area contributed by atoms with Gasteiger partial charge in [0.2, 0.25) is 0 Å². The van der Waals surface area contributed by atoms with Crippen LogP contribution < -0.4 is 5.32 Å². The molecule has 1 radical (unpaired) electrons. The van der Waals surface area contributed by atoms with Crippen molar-refractivity contribution in [2.45, 2.75) is 24.9 Å². The minimum absolute atomic E-state index is 0.00338. The van der Waals surface area contributed by atoms with Gasteiger partial charge in [0.1, 0.15) is 0 Å². The molecule has 0 bridgehead atoms.